The number of aliphatic hydroxyl groups is 1. The highest BCUT2D eigenvalue weighted by Gasteiger charge is 2.22. The average molecular weight is 238 g/mol. The van der Waals surface area contributed by atoms with Crippen LogP contribution in [0, 0.1) is 5.92 Å². The highest BCUT2D eigenvalue weighted by Crippen LogP contribution is 2.16. The molecule has 1 fully saturated rings. The minimum Gasteiger partial charge on any atom is -0.396 e. The van der Waals surface area contributed by atoms with E-state index in [1.54, 1.807) is 16.9 Å². The van der Waals surface area contributed by atoms with Crippen LogP contribution in [0.15, 0.2) is 12.3 Å². The summed E-state index contributed by atoms with van der Waals surface area (Å²) in [6, 6.07) is 1.67. The molecule has 1 amide bonds. The Morgan fingerprint density at radius 1 is 1.53 bits per heavy atom. The number of likely N-dealkylation sites (tertiary alicyclic amines) is 1. The standard InChI is InChI=1S/C11H18N4O2/c12-10-3-6-15(13-10)7-11(17)14-4-1-9(8-16)2-5-14/h3,6,9,16H,1-2,4-5,7-8H2,(H2,12,13). The summed E-state index contributed by atoms with van der Waals surface area (Å²) in [6.45, 7) is 1.90. The van der Waals surface area contributed by atoms with E-state index < -0.39 is 0 Å². The van der Waals surface area contributed by atoms with Gasteiger partial charge in [0.1, 0.15) is 12.4 Å². The van der Waals surface area contributed by atoms with Crippen molar-refractivity contribution in [3.63, 3.8) is 0 Å². The van der Waals surface area contributed by atoms with Gasteiger partial charge in [-0.15, -0.1) is 0 Å². The molecular formula is C11H18N4O2. The maximum atomic E-state index is 11.9. The quantitative estimate of drug-likeness (QED) is 0.757. The highest BCUT2D eigenvalue weighted by molar-refractivity contribution is 5.76. The first-order chi connectivity index (χ1) is 8.19. The normalized spacial score (nSPS) is 17.4. The number of hydrogen-bond donors (Lipinski definition) is 2. The monoisotopic (exact) mass is 238 g/mol. The molecule has 0 unspecified atom stereocenters. The van der Waals surface area contributed by atoms with Crippen molar-refractivity contribution in [2.45, 2.75) is 19.4 Å². The maximum Gasteiger partial charge on any atom is 0.244 e. The molecule has 1 aliphatic heterocycles. The van der Waals surface area contributed by atoms with E-state index in [1.165, 1.54) is 0 Å². The van der Waals surface area contributed by atoms with Crippen LogP contribution in [-0.4, -0.2) is 45.4 Å². The topological polar surface area (TPSA) is 84.4 Å². The molecule has 1 aromatic rings. The van der Waals surface area contributed by atoms with Gasteiger partial charge >= 0.3 is 0 Å². The van der Waals surface area contributed by atoms with E-state index >= 15 is 0 Å². The fraction of sp³-hybridized carbons (Fsp3) is 0.636. The number of hydrogen-bond acceptors (Lipinski definition) is 4. The number of carbonyl (C=O) groups is 1. The van der Waals surface area contributed by atoms with Crippen LogP contribution < -0.4 is 5.73 Å². The van der Waals surface area contributed by atoms with Crippen LogP contribution in [0.2, 0.25) is 0 Å². The average Bonchev–Trinajstić information content (AvgIpc) is 2.75. The van der Waals surface area contributed by atoms with Crippen molar-refractivity contribution in [1.29, 1.82) is 0 Å². The zero-order valence-electron chi connectivity index (χ0n) is 9.75. The van der Waals surface area contributed by atoms with Gasteiger partial charge in [-0.2, -0.15) is 5.10 Å². The largest absolute Gasteiger partial charge is 0.396 e. The molecule has 0 bridgehead atoms. The Morgan fingerprint density at radius 3 is 2.76 bits per heavy atom. The first-order valence-electron chi connectivity index (χ1n) is 5.86. The van der Waals surface area contributed by atoms with Crippen molar-refractivity contribution in [3.8, 4) is 0 Å². The van der Waals surface area contributed by atoms with Crippen molar-refractivity contribution in [2.75, 3.05) is 25.4 Å². The maximum absolute atomic E-state index is 11.9. The van der Waals surface area contributed by atoms with E-state index in [4.69, 9.17) is 10.8 Å². The lowest BCUT2D eigenvalue weighted by molar-refractivity contribution is -0.133. The lowest BCUT2D eigenvalue weighted by atomic mass is 9.98. The number of aromatic nitrogens is 2. The minimum absolute atomic E-state index is 0.0597. The Labute approximate surface area is 100 Å². The van der Waals surface area contributed by atoms with Gasteiger partial charge in [0, 0.05) is 25.9 Å². The zero-order valence-corrected chi connectivity index (χ0v) is 9.75. The number of amides is 1. The van der Waals surface area contributed by atoms with Gasteiger partial charge in [0.05, 0.1) is 0 Å². The summed E-state index contributed by atoms with van der Waals surface area (Å²) in [4.78, 5) is 13.8. The number of aliphatic hydroxyl groups excluding tert-OH is 1. The lowest BCUT2D eigenvalue weighted by Gasteiger charge is -2.31. The van der Waals surface area contributed by atoms with Crippen LogP contribution >= 0.6 is 0 Å². The Kier molecular flexibility index (Phi) is 3.63. The van der Waals surface area contributed by atoms with Gasteiger partial charge < -0.3 is 15.7 Å². The Bertz CT molecular complexity index is 383. The predicted octanol–water partition coefficient (Wildman–Crippen LogP) is -0.304. The van der Waals surface area contributed by atoms with Gasteiger partial charge in [-0.3, -0.25) is 9.48 Å². The number of carbonyl (C=O) groups excluding carboxylic acids is 1. The van der Waals surface area contributed by atoms with E-state index in [0.717, 1.165) is 25.9 Å². The molecule has 1 aromatic heterocycles. The summed E-state index contributed by atoms with van der Waals surface area (Å²) in [6.07, 6.45) is 3.46. The molecule has 3 N–H and O–H groups in total. The summed E-state index contributed by atoms with van der Waals surface area (Å²) in [5, 5.41) is 13.0. The second kappa shape index (κ2) is 5.18. The van der Waals surface area contributed by atoms with E-state index in [9.17, 15) is 4.79 Å². The molecular weight excluding hydrogens is 220 g/mol. The fourth-order valence-electron chi connectivity index (χ4n) is 2.07. The third kappa shape index (κ3) is 2.97. The molecule has 94 valence electrons. The summed E-state index contributed by atoms with van der Waals surface area (Å²) in [5.41, 5.74) is 5.48. The molecule has 0 radical (unpaired) electrons. The summed E-state index contributed by atoms with van der Waals surface area (Å²) in [5.74, 6) is 0.834. The van der Waals surface area contributed by atoms with Crippen molar-refractivity contribution in [1.82, 2.24) is 14.7 Å². The number of anilines is 1. The molecule has 0 aromatic carbocycles. The molecule has 0 spiro atoms. The first-order valence-corrected chi connectivity index (χ1v) is 5.86. The Morgan fingerprint density at radius 2 is 2.24 bits per heavy atom. The Hall–Kier alpha value is -1.56. The van der Waals surface area contributed by atoms with Crippen molar-refractivity contribution in [3.05, 3.63) is 12.3 Å². The predicted molar refractivity (Wildman–Crippen MR) is 63.0 cm³/mol. The number of nitrogens with zero attached hydrogens (tertiary/aromatic N) is 3. The lowest BCUT2D eigenvalue weighted by Crippen LogP contribution is -2.40. The van der Waals surface area contributed by atoms with Gasteiger partial charge in [0.25, 0.3) is 0 Å². The van der Waals surface area contributed by atoms with Gasteiger partial charge in [-0.05, 0) is 24.8 Å². The summed E-state index contributed by atoms with van der Waals surface area (Å²) >= 11 is 0. The molecule has 1 saturated heterocycles. The Balaban J connectivity index is 1.85. The van der Waals surface area contributed by atoms with Crippen LogP contribution in [0.4, 0.5) is 5.82 Å². The minimum atomic E-state index is 0.0597. The fourth-order valence-corrected chi connectivity index (χ4v) is 2.07. The van der Waals surface area contributed by atoms with E-state index in [1.807, 2.05) is 4.90 Å². The second-order valence-corrected chi connectivity index (χ2v) is 4.44. The van der Waals surface area contributed by atoms with Crippen molar-refractivity contribution >= 4 is 11.7 Å². The molecule has 0 saturated carbocycles. The highest BCUT2D eigenvalue weighted by atomic mass is 16.3. The third-order valence-corrected chi connectivity index (χ3v) is 3.18. The van der Waals surface area contributed by atoms with Crippen LogP contribution in [0.1, 0.15) is 12.8 Å². The molecule has 1 aliphatic rings. The number of nitrogen functional groups attached to an aromatic ring is 1. The van der Waals surface area contributed by atoms with Crippen LogP contribution in [0.3, 0.4) is 0 Å². The first kappa shape index (κ1) is 11.9. The molecule has 0 atom stereocenters. The summed E-state index contributed by atoms with van der Waals surface area (Å²) in [7, 11) is 0. The van der Waals surface area contributed by atoms with E-state index in [2.05, 4.69) is 5.10 Å². The van der Waals surface area contributed by atoms with E-state index in [0.29, 0.717) is 11.7 Å². The van der Waals surface area contributed by atoms with Crippen LogP contribution in [0.5, 0.6) is 0 Å². The smallest absolute Gasteiger partial charge is 0.244 e. The van der Waals surface area contributed by atoms with Gasteiger partial charge in [0.15, 0.2) is 0 Å². The van der Waals surface area contributed by atoms with Crippen LogP contribution in [-0.2, 0) is 11.3 Å². The van der Waals surface area contributed by atoms with Gasteiger partial charge in [0.2, 0.25) is 5.91 Å². The third-order valence-electron chi connectivity index (χ3n) is 3.18. The van der Waals surface area contributed by atoms with Crippen LogP contribution in [0.25, 0.3) is 0 Å². The zero-order chi connectivity index (χ0) is 12.3. The molecule has 2 heterocycles. The van der Waals surface area contributed by atoms with E-state index in [-0.39, 0.29) is 19.1 Å². The SMILES string of the molecule is Nc1ccn(CC(=O)N2CCC(CO)CC2)n1. The number of piperidine rings is 1. The van der Waals surface area contributed by atoms with Crippen molar-refractivity contribution < 1.29 is 9.90 Å². The summed E-state index contributed by atoms with van der Waals surface area (Å²) < 4.78 is 1.55. The van der Waals surface area contributed by atoms with Crippen molar-refractivity contribution in [2.24, 2.45) is 5.92 Å². The molecule has 17 heavy (non-hydrogen) atoms. The second-order valence-electron chi connectivity index (χ2n) is 4.44. The molecule has 6 nitrogen and oxygen atoms in total. The number of rotatable bonds is 3. The molecule has 2 rings (SSSR count). The molecule has 0 aliphatic carbocycles. The number of nitrogens with two attached hydrogens (primary N) is 1. The molecule has 6 heteroatoms. The van der Waals surface area contributed by atoms with Gasteiger partial charge in [-0.1, -0.05) is 0 Å². The van der Waals surface area contributed by atoms with Gasteiger partial charge in [-0.25, -0.2) is 0 Å².